The Kier molecular flexibility index (Phi) is 2.59. The van der Waals surface area contributed by atoms with Crippen molar-refractivity contribution >= 4 is 11.9 Å². The van der Waals surface area contributed by atoms with Crippen LogP contribution in [0.25, 0.3) is 0 Å². The molecule has 0 saturated carbocycles. The van der Waals surface area contributed by atoms with Crippen LogP contribution in [0.1, 0.15) is 5.56 Å². The summed E-state index contributed by atoms with van der Waals surface area (Å²) in [5.41, 5.74) is 0.884. The van der Waals surface area contributed by atoms with Crippen LogP contribution in [0.2, 0.25) is 0 Å². The van der Waals surface area contributed by atoms with Crippen LogP contribution < -0.4 is 5.14 Å². The van der Waals surface area contributed by atoms with Gasteiger partial charge in [-0.05, 0) is 6.07 Å². The van der Waals surface area contributed by atoms with Gasteiger partial charge in [-0.3, -0.25) is 5.14 Å². The molecule has 0 saturated heterocycles. The third-order valence-corrected chi connectivity index (χ3v) is 1.71. The van der Waals surface area contributed by atoms with E-state index in [-0.39, 0.29) is 0 Å². The smallest absolute Gasteiger partial charge is 0.119 e. The minimum atomic E-state index is 0.320. The normalized spacial score (nSPS) is 9.70. The van der Waals surface area contributed by atoms with Gasteiger partial charge in [0.1, 0.15) is 5.75 Å². The SMILES string of the molecule is NSCc1ccccc1O. The molecule has 10 heavy (non-hydrogen) atoms. The topological polar surface area (TPSA) is 46.2 Å². The third kappa shape index (κ3) is 1.65. The highest BCUT2D eigenvalue weighted by Gasteiger charge is 1.95. The van der Waals surface area contributed by atoms with Crippen LogP contribution in [-0.4, -0.2) is 5.11 Å². The highest BCUT2D eigenvalue weighted by molar-refractivity contribution is 7.96. The largest absolute Gasteiger partial charge is 0.508 e. The molecule has 0 aromatic heterocycles. The standard InChI is InChI=1S/C7H9NOS/c8-10-5-6-3-1-2-4-7(6)9/h1-4,9H,5,8H2. The second kappa shape index (κ2) is 3.49. The van der Waals surface area contributed by atoms with E-state index < -0.39 is 0 Å². The Morgan fingerprint density at radius 1 is 1.40 bits per heavy atom. The number of phenolic OH excluding ortho intramolecular Hbond substituents is 1. The lowest BCUT2D eigenvalue weighted by Crippen LogP contribution is -1.84. The van der Waals surface area contributed by atoms with E-state index in [0.29, 0.717) is 11.5 Å². The zero-order valence-corrected chi connectivity index (χ0v) is 6.27. The number of hydrogen-bond donors (Lipinski definition) is 2. The van der Waals surface area contributed by atoms with E-state index in [1.807, 2.05) is 12.1 Å². The molecule has 0 bridgehead atoms. The lowest BCUT2D eigenvalue weighted by molar-refractivity contribution is 0.470. The van der Waals surface area contributed by atoms with Gasteiger partial charge in [0.05, 0.1) is 0 Å². The van der Waals surface area contributed by atoms with Crippen molar-refractivity contribution in [1.82, 2.24) is 0 Å². The number of benzene rings is 1. The molecule has 1 aromatic carbocycles. The van der Waals surface area contributed by atoms with Crippen molar-refractivity contribution in [3.63, 3.8) is 0 Å². The van der Waals surface area contributed by atoms with E-state index in [0.717, 1.165) is 5.56 Å². The van der Waals surface area contributed by atoms with Crippen molar-refractivity contribution in [3.8, 4) is 5.75 Å². The zero-order valence-electron chi connectivity index (χ0n) is 5.45. The second-order valence-corrected chi connectivity index (χ2v) is 2.56. The Bertz CT molecular complexity index is 215. The van der Waals surface area contributed by atoms with Gasteiger partial charge in [0.2, 0.25) is 0 Å². The highest BCUT2D eigenvalue weighted by atomic mass is 32.2. The van der Waals surface area contributed by atoms with Gasteiger partial charge in [-0.15, -0.1) is 0 Å². The van der Waals surface area contributed by atoms with E-state index in [2.05, 4.69) is 0 Å². The summed E-state index contributed by atoms with van der Waals surface area (Å²) in [5.74, 6) is 0.979. The predicted molar refractivity (Wildman–Crippen MR) is 43.6 cm³/mol. The third-order valence-electron chi connectivity index (χ3n) is 1.23. The summed E-state index contributed by atoms with van der Waals surface area (Å²) < 4.78 is 0. The van der Waals surface area contributed by atoms with Gasteiger partial charge < -0.3 is 5.11 Å². The molecule has 0 spiro atoms. The Morgan fingerprint density at radius 2 is 2.10 bits per heavy atom. The molecule has 3 N–H and O–H groups in total. The summed E-state index contributed by atoms with van der Waals surface area (Å²) in [6.45, 7) is 0. The molecule has 0 amide bonds. The first-order chi connectivity index (χ1) is 4.84. The maximum absolute atomic E-state index is 9.17. The zero-order chi connectivity index (χ0) is 7.40. The Labute approximate surface area is 64.2 Å². The first-order valence-corrected chi connectivity index (χ1v) is 3.98. The van der Waals surface area contributed by atoms with Crippen molar-refractivity contribution in [2.45, 2.75) is 5.75 Å². The van der Waals surface area contributed by atoms with Gasteiger partial charge in [-0.25, -0.2) is 0 Å². The summed E-state index contributed by atoms with van der Waals surface area (Å²) in [6.07, 6.45) is 0. The molecule has 54 valence electrons. The lowest BCUT2D eigenvalue weighted by Gasteiger charge is -1.99. The van der Waals surface area contributed by atoms with Crippen LogP contribution in [-0.2, 0) is 5.75 Å². The molecule has 3 heteroatoms. The van der Waals surface area contributed by atoms with Crippen molar-refractivity contribution in [3.05, 3.63) is 29.8 Å². The molecule has 0 aliphatic heterocycles. The Hall–Kier alpha value is -0.670. The minimum Gasteiger partial charge on any atom is -0.508 e. The lowest BCUT2D eigenvalue weighted by atomic mass is 10.2. The van der Waals surface area contributed by atoms with Crippen LogP contribution in [0.5, 0.6) is 5.75 Å². The van der Waals surface area contributed by atoms with Crippen LogP contribution in [0, 0.1) is 0 Å². The fraction of sp³-hybridized carbons (Fsp3) is 0.143. The quantitative estimate of drug-likeness (QED) is 0.636. The molecule has 0 heterocycles. The first kappa shape index (κ1) is 7.44. The molecule has 0 radical (unpaired) electrons. The summed E-state index contributed by atoms with van der Waals surface area (Å²) in [6, 6.07) is 7.19. The fourth-order valence-electron chi connectivity index (χ4n) is 0.723. The molecular weight excluding hydrogens is 146 g/mol. The average molecular weight is 155 g/mol. The van der Waals surface area contributed by atoms with Crippen molar-refractivity contribution in [1.29, 1.82) is 0 Å². The average Bonchev–Trinajstić information content (AvgIpc) is 1.94. The van der Waals surface area contributed by atoms with E-state index in [9.17, 15) is 5.11 Å². The molecule has 1 rings (SSSR count). The van der Waals surface area contributed by atoms with Crippen LogP contribution in [0.15, 0.2) is 24.3 Å². The monoisotopic (exact) mass is 155 g/mol. The molecule has 0 unspecified atom stereocenters. The molecule has 0 atom stereocenters. The number of para-hydroxylation sites is 1. The van der Waals surface area contributed by atoms with Crippen molar-refractivity contribution in [2.75, 3.05) is 0 Å². The highest BCUT2D eigenvalue weighted by Crippen LogP contribution is 2.18. The van der Waals surface area contributed by atoms with Gasteiger partial charge in [-0.1, -0.05) is 30.1 Å². The summed E-state index contributed by atoms with van der Waals surface area (Å²) in [4.78, 5) is 0. The van der Waals surface area contributed by atoms with Gasteiger partial charge in [0.15, 0.2) is 0 Å². The second-order valence-electron chi connectivity index (χ2n) is 1.94. The molecular formula is C7H9NOS. The Balaban J connectivity index is 2.81. The van der Waals surface area contributed by atoms with Crippen molar-refractivity contribution in [2.24, 2.45) is 5.14 Å². The maximum atomic E-state index is 9.17. The molecule has 0 aliphatic rings. The molecule has 0 fully saturated rings. The number of nitrogens with two attached hydrogens (primary N) is 1. The van der Waals surface area contributed by atoms with E-state index in [1.165, 1.54) is 11.9 Å². The Morgan fingerprint density at radius 3 is 2.70 bits per heavy atom. The van der Waals surface area contributed by atoms with E-state index in [4.69, 9.17) is 5.14 Å². The van der Waals surface area contributed by atoms with Gasteiger partial charge in [-0.2, -0.15) is 0 Å². The molecule has 1 aromatic rings. The number of aromatic hydroxyl groups is 1. The molecule has 2 nitrogen and oxygen atoms in total. The minimum absolute atomic E-state index is 0.320. The van der Waals surface area contributed by atoms with Crippen molar-refractivity contribution < 1.29 is 5.11 Å². The van der Waals surface area contributed by atoms with Crippen LogP contribution >= 0.6 is 11.9 Å². The fourth-order valence-corrected chi connectivity index (χ4v) is 1.15. The predicted octanol–water partition coefficient (Wildman–Crippen LogP) is 1.50. The van der Waals surface area contributed by atoms with Gasteiger partial charge >= 0.3 is 0 Å². The number of rotatable bonds is 2. The number of hydrogen-bond acceptors (Lipinski definition) is 3. The van der Waals surface area contributed by atoms with Gasteiger partial charge in [0.25, 0.3) is 0 Å². The maximum Gasteiger partial charge on any atom is 0.119 e. The van der Waals surface area contributed by atoms with Gasteiger partial charge in [0, 0.05) is 11.3 Å². The summed E-state index contributed by atoms with van der Waals surface area (Å²) in [5, 5.41) is 14.4. The first-order valence-electron chi connectivity index (χ1n) is 2.93. The summed E-state index contributed by atoms with van der Waals surface area (Å²) >= 11 is 1.21. The van der Waals surface area contributed by atoms with E-state index in [1.54, 1.807) is 12.1 Å². The van der Waals surface area contributed by atoms with Crippen LogP contribution in [0.4, 0.5) is 0 Å². The number of phenols is 1. The summed E-state index contributed by atoms with van der Waals surface area (Å²) in [7, 11) is 0. The van der Waals surface area contributed by atoms with E-state index >= 15 is 0 Å². The molecule has 0 aliphatic carbocycles. The van der Waals surface area contributed by atoms with Crippen LogP contribution in [0.3, 0.4) is 0 Å².